The normalized spacial score (nSPS) is 11.4. The molecule has 0 fully saturated rings. The van der Waals surface area contributed by atoms with E-state index in [2.05, 4.69) is 5.32 Å². The van der Waals surface area contributed by atoms with E-state index in [9.17, 15) is 4.79 Å². The molecule has 0 spiro atoms. The number of aliphatic hydroxyl groups excluding tert-OH is 1. The summed E-state index contributed by atoms with van der Waals surface area (Å²) in [6, 6.07) is 5.16. The van der Waals surface area contributed by atoms with E-state index in [1.54, 1.807) is 18.2 Å². The Hall–Kier alpha value is -1.06. The highest BCUT2D eigenvalue weighted by Crippen LogP contribution is 2.17. The van der Waals surface area contributed by atoms with Gasteiger partial charge >= 0.3 is 0 Å². The van der Waals surface area contributed by atoms with Crippen LogP contribution in [0.25, 0.3) is 0 Å². The van der Waals surface area contributed by atoms with Gasteiger partial charge in [0.15, 0.2) is 0 Å². The highest BCUT2D eigenvalue weighted by Gasteiger charge is 2.18. The lowest BCUT2D eigenvalue weighted by Crippen LogP contribution is -2.36. The molecule has 2 N–H and O–H groups in total. The Balaban J connectivity index is 2.68. The molecule has 1 aromatic rings. The third kappa shape index (κ3) is 4.02. The summed E-state index contributed by atoms with van der Waals surface area (Å²) < 4.78 is 0. The summed E-state index contributed by atoms with van der Waals surface area (Å²) in [6.45, 7) is 6.11. The van der Waals surface area contributed by atoms with Crippen molar-refractivity contribution in [3.63, 3.8) is 0 Å². The number of amides is 1. The monoisotopic (exact) mass is 255 g/mol. The number of halogens is 1. The molecule has 0 aromatic heterocycles. The maximum Gasteiger partial charge on any atom is 0.251 e. The molecule has 1 rings (SSSR count). The maximum atomic E-state index is 11.8. The van der Waals surface area contributed by atoms with Gasteiger partial charge in [0.05, 0.1) is 0 Å². The number of carbonyl (C=O) groups excluding carboxylic acids is 1. The quantitative estimate of drug-likeness (QED) is 0.868. The summed E-state index contributed by atoms with van der Waals surface area (Å²) in [5, 5.41) is 12.5. The molecular formula is C13H18ClNO2. The number of rotatable bonds is 4. The minimum atomic E-state index is -0.308. The molecule has 0 atom stereocenters. The van der Waals surface area contributed by atoms with E-state index in [0.717, 1.165) is 5.56 Å². The van der Waals surface area contributed by atoms with Gasteiger partial charge in [0.25, 0.3) is 5.91 Å². The average molecular weight is 256 g/mol. The third-order valence-electron chi connectivity index (χ3n) is 2.58. The second kappa shape index (κ2) is 5.52. The molecule has 4 heteroatoms. The fourth-order valence-corrected chi connectivity index (χ4v) is 1.38. The fourth-order valence-electron chi connectivity index (χ4n) is 1.26. The molecule has 94 valence electrons. The van der Waals surface area contributed by atoms with Gasteiger partial charge in [-0.1, -0.05) is 25.4 Å². The smallest absolute Gasteiger partial charge is 0.251 e. The van der Waals surface area contributed by atoms with Gasteiger partial charge in [-0.2, -0.15) is 0 Å². The Morgan fingerprint density at radius 1 is 1.47 bits per heavy atom. The molecule has 0 heterocycles. The molecule has 0 saturated carbocycles. The number of benzene rings is 1. The number of nitrogens with one attached hydrogen (secondary N) is 1. The summed E-state index contributed by atoms with van der Waals surface area (Å²) in [7, 11) is 0. The highest BCUT2D eigenvalue weighted by atomic mass is 35.5. The van der Waals surface area contributed by atoms with Crippen LogP contribution in [0.15, 0.2) is 18.2 Å². The van der Waals surface area contributed by atoms with Crippen molar-refractivity contribution in [1.29, 1.82) is 0 Å². The van der Waals surface area contributed by atoms with Crippen LogP contribution < -0.4 is 5.32 Å². The van der Waals surface area contributed by atoms with Crippen LogP contribution in [0.4, 0.5) is 0 Å². The molecule has 1 aromatic carbocycles. The van der Waals surface area contributed by atoms with Crippen molar-refractivity contribution in [3.8, 4) is 0 Å². The second-order valence-corrected chi connectivity index (χ2v) is 5.38. The van der Waals surface area contributed by atoms with Crippen LogP contribution in [0.3, 0.4) is 0 Å². The molecule has 0 bridgehead atoms. The Bertz CT molecular complexity index is 416. The largest absolute Gasteiger partial charge is 0.396 e. The SMILES string of the molecule is Cc1cc(C(=O)NCC(C)(C)CO)ccc1Cl. The first kappa shape index (κ1) is 14.0. The second-order valence-electron chi connectivity index (χ2n) is 4.97. The van der Waals surface area contributed by atoms with Crippen LogP contribution in [-0.2, 0) is 0 Å². The van der Waals surface area contributed by atoms with Crippen molar-refractivity contribution in [2.75, 3.05) is 13.2 Å². The van der Waals surface area contributed by atoms with Gasteiger partial charge in [-0.15, -0.1) is 0 Å². The number of carbonyl (C=O) groups is 1. The maximum absolute atomic E-state index is 11.8. The van der Waals surface area contributed by atoms with Crippen LogP contribution >= 0.6 is 11.6 Å². The molecule has 0 aliphatic carbocycles. The number of hydrogen-bond acceptors (Lipinski definition) is 2. The van der Waals surface area contributed by atoms with Crippen molar-refractivity contribution in [2.45, 2.75) is 20.8 Å². The fraction of sp³-hybridized carbons (Fsp3) is 0.462. The van der Waals surface area contributed by atoms with Crippen molar-refractivity contribution in [2.24, 2.45) is 5.41 Å². The van der Waals surface area contributed by atoms with E-state index in [1.165, 1.54) is 0 Å². The Kier molecular flexibility index (Phi) is 4.54. The lowest BCUT2D eigenvalue weighted by atomic mass is 9.95. The molecule has 0 unspecified atom stereocenters. The number of aryl methyl sites for hydroxylation is 1. The zero-order valence-electron chi connectivity index (χ0n) is 10.4. The van der Waals surface area contributed by atoms with E-state index >= 15 is 0 Å². The van der Waals surface area contributed by atoms with E-state index in [4.69, 9.17) is 16.7 Å². The van der Waals surface area contributed by atoms with Crippen LogP contribution in [0, 0.1) is 12.3 Å². The zero-order valence-corrected chi connectivity index (χ0v) is 11.1. The van der Waals surface area contributed by atoms with Crippen molar-refractivity contribution < 1.29 is 9.90 Å². The van der Waals surface area contributed by atoms with Gasteiger partial charge in [-0.3, -0.25) is 4.79 Å². The molecule has 0 radical (unpaired) electrons. The summed E-state index contributed by atoms with van der Waals surface area (Å²) in [6.07, 6.45) is 0. The van der Waals surface area contributed by atoms with E-state index < -0.39 is 0 Å². The topological polar surface area (TPSA) is 49.3 Å². The van der Waals surface area contributed by atoms with Gasteiger partial charge in [0.1, 0.15) is 0 Å². The zero-order chi connectivity index (χ0) is 13.1. The van der Waals surface area contributed by atoms with Crippen LogP contribution in [-0.4, -0.2) is 24.2 Å². The highest BCUT2D eigenvalue weighted by molar-refractivity contribution is 6.31. The molecule has 0 saturated heterocycles. The van der Waals surface area contributed by atoms with E-state index in [-0.39, 0.29) is 17.9 Å². The predicted octanol–water partition coefficient (Wildman–Crippen LogP) is 2.40. The van der Waals surface area contributed by atoms with Gasteiger partial charge in [0.2, 0.25) is 0 Å². The van der Waals surface area contributed by atoms with Gasteiger partial charge in [-0.25, -0.2) is 0 Å². The number of hydrogen-bond donors (Lipinski definition) is 2. The molecule has 0 aliphatic heterocycles. The van der Waals surface area contributed by atoms with Crippen LogP contribution in [0.2, 0.25) is 5.02 Å². The molecule has 0 aliphatic rings. The lowest BCUT2D eigenvalue weighted by molar-refractivity contribution is 0.0911. The van der Waals surface area contributed by atoms with Gasteiger partial charge < -0.3 is 10.4 Å². The third-order valence-corrected chi connectivity index (χ3v) is 3.00. The summed E-state index contributed by atoms with van der Waals surface area (Å²) in [4.78, 5) is 11.8. The average Bonchev–Trinajstić information content (AvgIpc) is 2.30. The summed E-state index contributed by atoms with van der Waals surface area (Å²) in [5.74, 6) is -0.147. The van der Waals surface area contributed by atoms with Crippen LogP contribution in [0.5, 0.6) is 0 Å². The van der Waals surface area contributed by atoms with Crippen molar-refractivity contribution in [1.82, 2.24) is 5.32 Å². The minimum Gasteiger partial charge on any atom is -0.396 e. The minimum absolute atomic E-state index is 0.0346. The summed E-state index contributed by atoms with van der Waals surface area (Å²) in [5.41, 5.74) is 1.15. The molecular weight excluding hydrogens is 238 g/mol. The first-order valence-corrected chi connectivity index (χ1v) is 5.89. The Morgan fingerprint density at radius 3 is 2.65 bits per heavy atom. The van der Waals surface area contributed by atoms with E-state index in [0.29, 0.717) is 17.1 Å². The van der Waals surface area contributed by atoms with Gasteiger partial charge in [-0.05, 0) is 30.7 Å². The Labute approximate surface area is 107 Å². The van der Waals surface area contributed by atoms with Crippen molar-refractivity contribution >= 4 is 17.5 Å². The predicted molar refractivity (Wildman–Crippen MR) is 69.4 cm³/mol. The lowest BCUT2D eigenvalue weighted by Gasteiger charge is -2.21. The summed E-state index contributed by atoms with van der Waals surface area (Å²) >= 11 is 5.89. The van der Waals surface area contributed by atoms with Gasteiger partial charge in [0, 0.05) is 29.2 Å². The molecule has 1 amide bonds. The van der Waals surface area contributed by atoms with E-state index in [1.807, 2.05) is 20.8 Å². The van der Waals surface area contributed by atoms with Crippen molar-refractivity contribution in [3.05, 3.63) is 34.3 Å². The first-order valence-electron chi connectivity index (χ1n) is 5.51. The standard InChI is InChI=1S/C13H18ClNO2/c1-9-6-10(4-5-11(9)14)12(17)15-7-13(2,3)8-16/h4-6,16H,7-8H2,1-3H3,(H,15,17). The molecule has 17 heavy (non-hydrogen) atoms. The Morgan fingerprint density at radius 2 is 2.12 bits per heavy atom. The first-order chi connectivity index (χ1) is 7.85. The van der Waals surface area contributed by atoms with Crippen LogP contribution in [0.1, 0.15) is 29.8 Å². The number of aliphatic hydroxyl groups is 1. The molecule has 3 nitrogen and oxygen atoms in total.